The van der Waals surface area contributed by atoms with Gasteiger partial charge in [0.05, 0.1) is 6.42 Å². The highest BCUT2D eigenvalue weighted by molar-refractivity contribution is 5.95. The Morgan fingerprint density at radius 2 is 1.71 bits per heavy atom. The van der Waals surface area contributed by atoms with Crippen LogP contribution < -0.4 is 5.32 Å². The fraction of sp³-hybridized carbons (Fsp3) is 0.727. The van der Waals surface area contributed by atoms with Crippen molar-refractivity contribution in [2.24, 2.45) is 11.8 Å². The van der Waals surface area contributed by atoms with Crippen molar-refractivity contribution in [3.05, 3.63) is 0 Å². The van der Waals surface area contributed by atoms with E-state index in [-0.39, 0.29) is 12.8 Å². The smallest absolute Gasteiger partial charge is 0.324 e. The number of amides is 3. The standard InChI is InChI=1S/C11H18N2O4/c1-7-5-13(6-8(7)2)11(17)12-9(14)3-4-10(15)16/h7-8H,3-6H2,1-2H3,(H,15,16)(H,12,14,17). The fourth-order valence-electron chi connectivity index (χ4n) is 1.78. The second-order valence-electron chi connectivity index (χ2n) is 4.61. The van der Waals surface area contributed by atoms with Crippen LogP contribution >= 0.6 is 0 Å². The minimum Gasteiger partial charge on any atom is -0.481 e. The van der Waals surface area contributed by atoms with Gasteiger partial charge in [0, 0.05) is 19.5 Å². The summed E-state index contributed by atoms with van der Waals surface area (Å²) in [6, 6.07) is -0.420. The molecule has 17 heavy (non-hydrogen) atoms. The van der Waals surface area contributed by atoms with Crippen LogP contribution in [0.25, 0.3) is 0 Å². The van der Waals surface area contributed by atoms with Crippen molar-refractivity contribution in [3.8, 4) is 0 Å². The molecule has 0 saturated carbocycles. The Kier molecular flexibility index (Phi) is 4.48. The largest absolute Gasteiger partial charge is 0.481 e. The number of hydrogen-bond acceptors (Lipinski definition) is 3. The van der Waals surface area contributed by atoms with Crippen molar-refractivity contribution >= 4 is 17.9 Å². The number of aliphatic carboxylic acids is 1. The highest BCUT2D eigenvalue weighted by Crippen LogP contribution is 2.21. The molecule has 0 aromatic carbocycles. The SMILES string of the molecule is CC1CN(C(=O)NC(=O)CCC(=O)O)CC1C. The second-order valence-corrected chi connectivity index (χ2v) is 4.61. The van der Waals surface area contributed by atoms with Crippen molar-refractivity contribution in [1.29, 1.82) is 0 Å². The van der Waals surface area contributed by atoms with Crippen LogP contribution in [0, 0.1) is 11.8 Å². The molecule has 1 aliphatic rings. The first-order valence-corrected chi connectivity index (χ1v) is 5.70. The number of urea groups is 1. The van der Waals surface area contributed by atoms with Crippen LogP contribution in [0.1, 0.15) is 26.7 Å². The van der Waals surface area contributed by atoms with Crippen LogP contribution in [0.5, 0.6) is 0 Å². The molecule has 3 amide bonds. The highest BCUT2D eigenvalue weighted by Gasteiger charge is 2.29. The molecule has 1 fully saturated rings. The van der Waals surface area contributed by atoms with E-state index in [1.165, 1.54) is 0 Å². The van der Waals surface area contributed by atoms with Crippen molar-refractivity contribution in [1.82, 2.24) is 10.2 Å². The van der Waals surface area contributed by atoms with Crippen LogP contribution in [-0.4, -0.2) is 41.0 Å². The number of hydrogen-bond donors (Lipinski definition) is 2. The summed E-state index contributed by atoms with van der Waals surface area (Å²) in [7, 11) is 0. The Morgan fingerprint density at radius 1 is 1.18 bits per heavy atom. The number of carboxylic acid groups (broad SMARTS) is 1. The van der Waals surface area contributed by atoms with E-state index in [1.807, 2.05) is 0 Å². The molecule has 1 heterocycles. The maximum atomic E-state index is 11.6. The number of rotatable bonds is 3. The van der Waals surface area contributed by atoms with Gasteiger partial charge in [-0.3, -0.25) is 14.9 Å². The first-order valence-electron chi connectivity index (χ1n) is 5.70. The molecule has 2 N–H and O–H groups in total. The van der Waals surface area contributed by atoms with Crippen LogP contribution in [0.2, 0.25) is 0 Å². The zero-order valence-corrected chi connectivity index (χ0v) is 10.1. The maximum Gasteiger partial charge on any atom is 0.324 e. The molecule has 0 aromatic rings. The minimum absolute atomic E-state index is 0.167. The van der Waals surface area contributed by atoms with E-state index in [2.05, 4.69) is 19.2 Å². The van der Waals surface area contributed by atoms with E-state index in [9.17, 15) is 14.4 Å². The summed E-state index contributed by atoms with van der Waals surface area (Å²) in [5, 5.41) is 10.6. The topological polar surface area (TPSA) is 86.7 Å². The van der Waals surface area contributed by atoms with E-state index < -0.39 is 17.9 Å². The lowest BCUT2D eigenvalue weighted by atomic mass is 10.0. The van der Waals surface area contributed by atoms with Gasteiger partial charge in [-0.1, -0.05) is 13.8 Å². The number of carbonyl (C=O) groups is 3. The summed E-state index contributed by atoms with van der Waals surface area (Å²) in [5.41, 5.74) is 0. The van der Waals surface area contributed by atoms with Gasteiger partial charge in [0.1, 0.15) is 0 Å². The summed E-state index contributed by atoms with van der Waals surface area (Å²) in [4.78, 5) is 34.7. The van der Waals surface area contributed by atoms with E-state index in [0.717, 1.165) is 0 Å². The van der Waals surface area contributed by atoms with E-state index in [4.69, 9.17) is 5.11 Å². The molecule has 0 aliphatic carbocycles. The van der Waals surface area contributed by atoms with Crippen LogP contribution in [0.3, 0.4) is 0 Å². The second kappa shape index (κ2) is 5.65. The molecule has 1 rings (SSSR count). The summed E-state index contributed by atoms with van der Waals surface area (Å²) in [5.74, 6) is -0.731. The number of imide groups is 1. The number of carboxylic acids is 1. The first-order chi connectivity index (χ1) is 7.90. The van der Waals surface area contributed by atoms with E-state index in [0.29, 0.717) is 24.9 Å². The van der Waals surface area contributed by atoms with Crippen LogP contribution in [0.4, 0.5) is 4.79 Å². The lowest BCUT2D eigenvalue weighted by molar-refractivity contribution is -0.138. The number of nitrogens with zero attached hydrogens (tertiary/aromatic N) is 1. The van der Waals surface area contributed by atoms with Crippen molar-refractivity contribution in [3.63, 3.8) is 0 Å². The summed E-state index contributed by atoms with van der Waals surface area (Å²) < 4.78 is 0. The molecule has 0 radical (unpaired) electrons. The molecule has 6 heteroatoms. The fourth-order valence-corrected chi connectivity index (χ4v) is 1.78. The summed E-state index contributed by atoms with van der Waals surface area (Å²) in [6.07, 6.45) is -0.425. The van der Waals surface area contributed by atoms with Gasteiger partial charge in [-0.15, -0.1) is 0 Å². The molecule has 2 unspecified atom stereocenters. The average molecular weight is 242 g/mol. The third kappa shape index (κ3) is 4.05. The number of nitrogens with one attached hydrogen (secondary N) is 1. The van der Waals surface area contributed by atoms with E-state index >= 15 is 0 Å². The van der Waals surface area contributed by atoms with Gasteiger partial charge in [0.25, 0.3) is 0 Å². The number of carbonyl (C=O) groups excluding carboxylic acids is 2. The van der Waals surface area contributed by atoms with Crippen molar-refractivity contribution < 1.29 is 19.5 Å². The van der Waals surface area contributed by atoms with Gasteiger partial charge in [0.2, 0.25) is 5.91 Å². The van der Waals surface area contributed by atoms with Gasteiger partial charge < -0.3 is 10.0 Å². The Balaban J connectivity index is 2.34. The van der Waals surface area contributed by atoms with Gasteiger partial charge in [-0.05, 0) is 11.8 Å². The zero-order chi connectivity index (χ0) is 13.0. The monoisotopic (exact) mass is 242 g/mol. The van der Waals surface area contributed by atoms with Gasteiger partial charge in [-0.25, -0.2) is 4.79 Å². The Morgan fingerprint density at radius 3 is 2.18 bits per heavy atom. The molecule has 0 bridgehead atoms. The molecular weight excluding hydrogens is 224 g/mol. The number of likely N-dealkylation sites (tertiary alicyclic amines) is 1. The van der Waals surface area contributed by atoms with Gasteiger partial charge >= 0.3 is 12.0 Å². The van der Waals surface area contributed by atoms with Gasteiger partial charge in [-0.2, -0.15) is 0 Å². The molecule has 1 aliphatic heterocycles. The van der Waals surface area contributed by atoms with Crippen molar-refractivity contribution in [2.45, 2.75) is 26.7 Å². The third-order valence-corrected chi connectivity index (χ3v) is 3.09. The molecule has 1 saturated heterocycles. The average Bonchev–Trinajstić information content (AvgIpc) is 2.56. The summed E-state index contributed by atoms with van der Waals surface area (Å²) in [6.45, 7) is 5.40. The predicted molar refractivity (Wildman–Crippen MR) is 60.3 cm³/mol. The molecule has 96 valence electrons. The molecule has 0 aromatic heterocycles. The zero-order valence-electron chi connectivity index (χ0n) is 10.1. The molecular formula is C11H18N2O4. The Bertz CT molecular complexity index is 319. The summed E-state index contributed by atoms with van der Waals surface area (Å²) >= 11 is 0. The van der Waals surface area contributed by atoms with Gasteiger partial charge in [0.15, 0.2) is 0 Å². The first kappa shape index (κ1) is 13.5. The molecule has 2 atom stereocenters. The van der Waals surface area contributed by atoms with Crippen LogP contribution in [0.15, 0.2) is 0 Å². The Hall–Kier alpha value is -1.59. The molecule has 0 spiro atoms. The van der Waals surface area contributed by atoms with Crippen molar-refractivity contribution in [2.75, 3.05) is 13.1 Å². The Labute approximate surface area is 100.0 Å². The van der Waals surface area contributed by atoms with Crippen LogP contribution in [-0.2, 0) is 9.59 Å². The molecule has 6 nitrogen and oxygen atoms in total. The quantitative estimate of drug-likeness (QED) is 0.761. The minimum atomic E-state index is -1.05. The highest BCUT2D eigenvalue weighted by atomic mass is 16.4. The normalized spacial score (nSPS) is 23.5. The lowest BCUT2D eigenvalue weighted by Gasteiger charge is -2.15. The maximum absolute atomic E-state index is 11.6. The lowest BCUT2D eigenvalue weighted by Crippen LogP contribution is -2.41. The predicted octanol–water partition coefficient (Wildman–Crippen LogP) is 0.675. The van der Waals surface area contributed by atoms with E-state index in [1.54, 1.807) is 4.90 Å². The third-order valence-electron chi connectivity index (χ3n) is 3.09.